The third-order valence-corrected chi connectivity index (χ3v) is 3.72. The Balaban J connectivity index is 3.29. The first-order valence-electron chi connectivity index (χ1n) is 8.73. The van der Waals surface area contributed by atoms with Crippen LogP contribution in [0.4, 0.5) is 0 Å². The van der Waals surface area contributed by atoms with Crippen LogP contribution in [0, 0.1) is 0 Å². The molecule has 124 valence electrons. The number of carboxylic acids is 1. The van der Waals surface area contributed by atoms with Crippen LogP contribution >= 0.6 is 0 Å². The monoisotopic (exact) mass is 298 g/mol. The Kier molecular flexibility index (Phi) is 14.9. The zero-order valence-corrected chi connectivity index (χ0v) is 13.7. The summed E-state index contributed by atoms with van der Waals surface area (Å²) in [5.41, 5.74) is 0. The van der Waals surface area contributed by atoms with Crippen LogP contribution in [0.1, 0.15) is 90.4 Å². The van der Waals surface area contributed by atoms with Gasteiger partial charge in [-0.05, 0) is 25.7 Å². The van der Waals surface area contributed by atoms with Crippen molar-refractivity contribution in [2.24, 2.45) is 0 Å². The highest BCUT2D eigenvalue weighted by molar-refractivity contribution is 5.66. The van der Waals surface area contributed by atoms with Crippen molar-refractivity contribution in [1.82, 2.24) is 0 Å². The van der Waals surface area contributed by atoms with Gasteiger partial charge in [-0.3, -0.25) is 4.79 Å². The van der Waals surface area contributed by atoms with Gasteiger partial charge in [0.1, 0.15) is 0 Å². The van der Waals surface area contributed by atoms with Crippen LogP contribution in [0.5, 0.6) is 0 Å². The lowest BCUT2D eigenvalue weighted by Crippen LogP contribution is -2.01. The van der Waals surface area contributed by atoms with Gasteiger partial charge in [0.15, 0.2) is 0 Å². The summed E-state index contributed by atoms with van der Waals surface area (Å²) in [6.45, 7) is 2.22. The first-order chi connectivity index (χ1) is 10.2. The van der Waals surface area contributed by atoms with E-state index >= 15 is 0 Å². The van der Waals surface area contributed by atoms with Crippen molar-refractivity contribution in [3.8, 4) is 0 Å². The molecule has 0 aromatic heterocycles. The second kappa shape index (κ2) is 15.6. The zero-order valence-electron chi connectivity index (χ0n) is 13.7. The molecule has 3 nitrogen and oxygen atoms in total. The zero-order chi connectivity index (χ0) is 15.8. The fraction of sp³-hybridized carbons (Fsp3) is 0.833. The standard InChI is InChI=1S/C18H34O3/c1-2-3-4-5-6-8-11-14-17(19)15-12-9-7-10-13-16-18(20)21/h11,14,17,19H,2-10,12-13,15-16H2,1H3,(H,20,21)/t17-/m1/s1. The summed E-state index contributed by atoms with van der Waals surface area (Å²) in [7, 11) is 0. The molecule has 0 fully saturated rings. The number of carbonyl (C=O) groups is 1. The summed E-state index contributed by atoms with van der Waals surface area (Å²) in [4.78, 5) is 10.3. The minimum atomic E-state index is -0.703. The first kappa shape index (κ1) is 20.2. The molecule has 0 heterocycles. The van der Waals surface area contributed by atoms with Crippen molar-refractivity contribution in [2.75, 3.05) is 0 Å². The number of rotatable bonds is 15. The Morgan fingerprint density at radius 2 is 1.57 bits per heavy atom. The maximum absolute atomic E-state index is 10.3. The molecule has 0 aliphatic carbocycles. The number of unbranched alkanes of at least 4 members (excludes halogenated alkanes) is 9. The largest absolute Gasteiger partial charge is 0.481 e. The van der Waals surface area contributed by atoms with E-state index < -0.39 is 5.97 Å². The smallest absolute Gasteiger partial charge is 0.303 e. The van der Waals surface area contributed by atoms with E-state index in [0.717, 1.165) is 44.9 Å². The highest BCUT2D eigenvalue weighted by atomic mass is 16.4. The van der Waals surface area contributed by atoms with E-state index in [1.165, 1.54) is 32.1 Å². The number of allylic oxidation sites excluding steroid dienone is 1. The van der Waals surface area contributed by atoms with Gasteiger partial charge in [-0.15, -0.1) is 0 Å². The SMILES string of the molecule is CCCCCCCC=C[C@@H](O)CCCCCCCC(=O)O. The van der Waals surface area contributed by atoms with Gasteiger partial charge < -0.3 is 10.2 Å². The highest BCUT2D eigenvalue weighted by Gasteiger charge is 2.00. The van der Waals surface area contributed by atoms with Crippen molar-refractivity contribution >= 4 is 5.97 Å². The van der Waals surface area contributed by atoms with Crippen molar-refractivity contribution in [3.05, 3.63) is 12.2 Å². The Bertz CT molecular complexity index is 261. The number of carboxylic acid groups (broad SMARTS) is 1. The molecule has 2 N–H and O–H groups in total. The third kappa shape index (κ3) is 17.1. The molecule has 21 heavy (non-hydrogen) atoms. The van der Waals surface area contributed by atoms with Gasteiger partial charge in [-0.1, -0.05) is 70.4 Å². The number of hydrogen-bond donors (Lipinski definition) is 2. The lowest BCUT2D eigenvalue weighted by atomic mass is 10.1. The van der Waals surface area contributed by atoms with Crippen LogP contribution < -0.4 is 0 Å². The van der Waals surface area contributed by atoms with Crippen LogP contribution in [-0.2, 0) is 4.79 Å². The second-order valence-corrected chi connectivity index (χ2v) is 5.90. The van der Waals surface area contributed by atoms with Crippen LogP contribution in [0.25, 0.3) is 0 Å². The summed E-state index contributed by atoms with van der Waals surface area (Å²) in [6.07, 6.45) is 17.3. The Hall–Kier alpha value is -0.830. The molecular formula is C18H34O3. The summed E-state index contributed by atoms with van der Waals surface area (Å²) in [6, 6.07) is 0. The van der Waals surface area contributed by atoms with Crippen molar-refractivity contribution in [3.63, 3.8) is 0 Å². The summed E-state index contributed by atoms with van der Waals surface area (Å²) in [5, 5.41) is 18.3. The number of hydrogen-bond acceptors (Lipinski definition) is 2. The molecule has 0 amide bonds. The topological polar surface area (TPSA) is 57.5 Å². The summed E-state index contributed by atoms with van der Waals surface area (Å²) < 4.78 is 0. The molecule has 0 aliphatic heterocycles. The first-order valence-corrected chi connectivity index (χ1v) is 8.73. The Morgan fingerprint density at radius 3 is 2.29 bits per heavy atom. The predicted octanol–water partition coefficient (Wildman–Crippen LogP) is 5.08. The van der Waals surface area contributed by atoms with Gasteiger partial charge in [0.05, 0.1) is 6.10 Å². The lowest BCUT2D eigenvalue weighted by Gasteiger charge is -2.05. The fourth-order valence-corrected chi connectivity index (χ4v) is 2.38. The fourth-order valence-electron chi connectivity index (χ4n) is 2.38. The van der Waals surface area contributed by atoms with Gasteiger partial charge in [0.25, 0.3) is 0 Å². The molecule has 0 radical (unpaired) electrons. The van der Waals surface area contributed by atoms with E-state index in [1.54, 1.807) is 0 Å². The van der Waals surface area contributed by atoms with E-state index in [2.05, 4.69) is 13.0 Å². The summed E-state index contributed by atoms with van der Waals surface area (Å²) in [5.74, 6) is -0.703. The van der Waals surface area contributed by atoms with E-state index in [4.69, 9.17) is 5.11 Å². The number of aliphatic hydroxyl groups is 1. The molecule has 0 unspecified atom stereocenters. The molecule has 0 aliphatic rings. The normalized spacial score (nSPS) is 12.9. The maximum atomic E-state index is 10.3. The van der Waals surface area contributed by atoms with Crippen molar-refractivity contribution in [2.45, 2.75) is 96.5 Å². The summed E-state index contributed by atoms with van der Waals surface area (Å²) >= 11 is 0. The van der Waals surface area contributed by atoms with Gasteiger partial charge in [0.2, 0.25) is 0 Å². The average Bonchev–Trinajstić information content (AvgIpc) is 2.45. The van der Waals surface area contributed by atoms with Gasteiger partial charge >= 0.3 is 5.97 Å². The molecule has 0 bridgehead atoms. The van der Waals surface area contributed by atoms with Gasteiger partial charge in [-0.2, -0.15) is 0 Å². The molecular weight excluding hydrogens is 264 g/mol. The number of aliphatic hydroxyl groups excluding tert-OH is 1. The third-order valence-electron chi connectivity index (χ3n) is 3.72. The van der Waals surface area contributed by atoms with Crippen LogP contribution in [-0.4, -0.2) is 22.3 Å². The molecule has 1 atom stereocenters. The van der Waals surface area contributed by atoms with E-state index in [-0.39, 0.29) is 12.5 Å². The van der Waals surface area contributed by atoms with Crippen LogP contribution in [0.3, 0.4) is 0 Å². The van der Waals surface area contributed by atoms with Crippen LogP contribution in [0.15, 0.2) is 12.2 Å². The Labute approximate surface area is 130 Å². The minimum absolute atomic E-state index is 0.281. The highest BCUT2D eigenvalue weighted by Crippen LogP contribution is 2.10. The minimum Gasteiger partial charge on any atom is -0.481 e. The predicted molar refractivity (Wildman–Crippen MR) is 88.5 cm³/mol. The van der Waals surface area contributed by atoms with Gasteiger partial charge in [0, 0.05) is 6.42 Å². The molecule has 3 heteroatoms. The molecule has 0 rings (SSSR count). The molecule has 0 saturated heterocycles. The molecule has 0 saturated carbocycles. The van der Waals surface area contributed by atoms with Crippen molar-refractivity contribution in [1.29, 1.82) is 0 Å². The van der Waals surface area contributed by atoms with Crippen LogP contribution in [0.2, 0.25) is 0 Å². The Morgan fingerprint density at radius 1 is 0.952 bits per heavy atom. The van der Waals surface area contributed by atoms with Crippen molar-refractivity contribution < 1.29 is 15.0 Å². The molecule has 0 spiro atoms. The van der Waals surface area contributed by atoms with E-state index in [1.807, 2.05) is 6.08 Å². The lowest BCUT2D eigenvalue weighted by molar-refractivity contribution is -0.137. The van der Waals surface area contributed by atoms with Gasteiger partial charge in [-0.25, -0.2) is 0 Å². The molecule has 0 aromatic rings. The second-order valence-electron chi connectivity index (χ2n) is 5.90. The maximum Gasteiger partial charge on any atom is 0.303 e. The number of aliphatic carboxylic acids is 1. The molecule has 0 aromatic carbocycles. The van der Waals surface area contributed by atoms with E-state index in [9.17, 15) is 9.90 Å². The quantitative estimate of drug-likeness (QED) is 0.327. The average molecular weight is 298 g/mol. The van der Waals surface area contributed by atoms with E-state index in [0.29, 0.717) is 0 Å².